The smallest absolute Gasteiger partial charge is 0.259 e. The quantitative estimate of drug-likeness (QED) is 0.377. The molecule has 2 amide bonds. The summed E-state index contributed by atoms with van der Waals surface area (Å²) in [5.41, 5.74) is 2.25. The van der Waals surface area contributed by atoms with Gasteiger partial charge in [-0.05, 0) is 36.6 Å². The van der Waals surface area contributed by atoms with Gasteiger partial charge in [-0.1, -0.05) is 67.0 Å². The molecule has 0 N–H and O–H groups in total. The van der Waals surface area contributed by atoms with Crippen LogP contribution in [0.25, 0.3) is 0 Å². The van der Waals surface area contributed by atoms with Gasteiger partial charge in [0.15, 0.2) is 0 Å². The van der Waals surface area contributed by atoms with Gasteiger partial charge in [0.05, 0.1) is 5.69 Å². The van der Waals surface area contributed by atoms with E-state index in [1.54, 1.807) is 28.9 Å². The molecule has 8 heteroatoms. The van der Waals surface area contributed by atoms with E-state index < -0.39 is 0 Å². The van der Waals surface area contributed by atoms with E-state index in [4.69, 9.17) is 20.9 Å². The second-order valence-corrected chi connectivity index (χ2v) is 10.4. The number of carbonyl (C=O) groups is 2. The molecule has 1 aliphatic heterocycles. The highest BCUT2D eigenvalue weighted by Crippen LogP contribution is 2.30. The summed E-state index contributed by atoms with van der Waals surface area (Å²) in [6, 6.07) is 17.2. The van der Waals surface area contributed by atoms with Gasteiger partial charge in [0.2, 0.25) is 5.91 Å². The van der Waals surface area contributed by atoms with Gasteiger partial charge in [-0.3, -0.25) is 9.59 Å². The lowest BCUT2D eigenvalue weighted by atomic mass is 9.90. The number of ether oxygens (including phenoxy) is 1. The molecule has 0 saturated carbocycles. The first-order valence-corrected chi connectivity index (χ1v) is 13.1. The van der Waals surface area contributed by atoms with Crippen LogP contribution in [-0.2, 0) is 11.3 Å². The maximum atomic E-state index is 13.6. The van der Waals surface area contributed by atoms with E-state index in [-0.39, 0.29) is 36.2 Å². The van der Waals surface area contributed by atoms with Crippen LogP contribution in [0.15, 0.2) is 59.1 Å². The number of nitrogens with zero attached hydrogens (tertiary/aromatic N) is 3. The number of likely N-dealkylation sites (tertiary alicyclic amines) is 1. The van der Waals surface area contributed by atoms with Crippen LogP contribution in [-0.4, -0.2) is 53.0 Å². The summed E-state index contributed by atoms with van der Waals surface area (Å²) in [5.74, 6) is 0.936. The van der Waals surface area contributed by atoms with Gasteiger partial charge in [-0.2, -0.15) is 0 Å². The Morgan fingerprint density at radius 2 is 1.95 bits per heavy atom. The highest BCUT2D eigenvalue weighted by molar-refractivity contribution is 6.30. The zero-order valence-corrected chi connectivity index (χ0v) is 22.6. The number of piperidine rings is 1. The predicted molar refractivity (Wildman–Crippen MR) is 143 cm³/mol. The lowest BCUT2D eigenvalue weighted by molar-refractivity contribution is -0.133. The Balaban J connectivity index is 1.53. The summed E-state index contributed by atoms with van der Waals surface area (Å²) < 4.78 is 11.7. The van der Waals surface area contributed by atoms with Crippen LogP contribution >= 0.6 is 11.6 Å². The highest BCUT2D eigenvalue weighted by Gasteiger charge is 2.37. The minimum atomic E-state index is -0.232. The molecular formula is C29H34ClN3O4. The van der Waals surface area contributed by atoms with Crippen molar-refractivity contribution in [3.8, 4) is 5.75 Å². The van der Waals surface area contributed by atoms with Gasteiger partial charge >= 0.3 is 0 Å². The molecule has 1 saturated heterocycles. The van der Waals surface area contributed by atoms with Gasteiger partial charge in [0, 0.05) is 50.5 Å². The first kappa shape index (κ1) is 26.7. The zero-order valence-electron chi connectivity index (χ0n) is 21.8. The fourth-order valence-electron chi connectivity index (χ4n) is 4.79. The monoisotopic (exact) mass is 523 g/mol. The van der Waals surface area contributed by atoms with Crippen molar-refractivity contribution in [1.29, 1.82) is 0 Å². The number of benzene rings is 2. The van der Waals surface area contributed by atoms with Crippen molar-refractivity contribution in [2.75, 3.05) is 20.1 Å². The first-order valence-electron chi connectivity index (χ1n) is 12.7. The number of aryl methyl sites for hydroxylation is 1. The molecular weight excluding hydrogens is 490 g/mol. The third kappa shape index (κ3) is 6.52. The molecule has 0 bridgehead atoms. The van der Waals surface area contributed by atoms with Crippen LogP contribution < -0.4 is 4.74 Å². The van der Waals surface area contributed by atoms with Crippen LogP contribution in [0.2, 0.25) is 5.02 Å². The number of rotatable bonds is 8. The molecule has 1 aromatic heterocycles. The molecule has 0 radical (unpaired) electrons. The van der Waals surface area contributed by atoms with E-state index in [0.29, 0.717) is 53.8 Å². The van der Waals surface area contributed by atoms with Gasteiger partial charge < -0.3 is 19.1 Å². The molecule has 1 fully saturated rings. The number of hydrogen-bond acceptors (Lipinski definition) is 5. The van der Waals surface area contributed by atoms with Gasteiger partial charge in [0.25, 0.3) is 5.91 Å². The second-order valence-electron chi connectivity index (χ2n) is 10.0. The third-order valence-electron chi connectivity index (χ3n) is 6.81. The topological polar surface area (TPSA) is 75.9 Å². The zero-order chi connectivity index (χ0) is 26.5. The van der Waals surface area contributed by atoms with Crippen LogP contribution in [0.4, 0.5) is 0 Å². The van der Waals surface area contributed by atoms with E-state index in [9.17, 15) is 9.59 Å². The lowest BCUT2D eigenvalue weighted by Crippen LogP contribution is -2.49. The molecule has 1 aliphatic rings. The summed E-state index contributed by atoms with van der Waals surface area (Å²) in [7, 11) is 1.81. The van der Waals surface area contributed by atoms with Crippen LogP contribution in [0.3, 0.4) is 0 Å². The summed E-state index contributed by atoms with van der Waals surface area (Å²) >= 11 is 6.17. The average Bonchev–Trinajstić information content (AvgIpc) is 3.27. The van der Waals surface area contributed by atoms with E-state index in [2.05, 4.69) is 5.16 Å². The van der Waals surface area contributed by atoms with Crippen molar-refractivity contribution in [1.82, 2.24) is 15.0 Å². The van der Waals surface area contributed by atoms with Crippen LogP contribution in [0.1, 0.15) is 60.0 Å². The van der Waals surface area contributed by atoms with Crippen molar-refractivity contribution in [3.63, 3.8) is 0 Å². The summed E-state index contributed by atoms with van der Waals surface area (Å²) in [6.07, 6.45) is 0.627. The Kier molecular flexibility index (Phi) is 8.54. The molecule has 3 aromatic rings. The normalized spacial score (nSPS) is 17.6. The molecule has 4 rings (SSSR count). The number of amides is 2. The summed E-state index contributed by atoms with van der Waals surface area (Å²) in [4.78, 5) is 30.4. The van der Waals surface area contributed by atoms with Gasteiger partial charge in [0.1, 0.15) is 23.2 Å². The van der Waals surface area contributed by atoms with Crippen molar-refractivity contribution in [2.24, 2.45) is 5.92 Å². The number of aromatic nitrogens is 1. The fourth-order valence-corrected chi connectivity index (χ4v) is 4.97. The molecule has 0 aliphatic carbocycles. The largest absolute Gasteiger partial charge is 0.490 e. The number of halogens is 1. The van der Waals surface area contributed by atoms with Crippen LogP contribution in [0, 0.1) is 12.8 Å². The Hall–Kier alpha value is -3.32. The SMILES string of the molecule is Cc1onc(C(C)C)c1C(=O)N1CC[C@H](Oc2cccc(Cl)c2)[C@@H](CC(=O)N(C)Cc2ccccc2)C1. The van der Waals surface area contributed by atoms with Crippen LogP contribution in [0.5, 0.6) is 5.75 Å². The minimum absolute atomic E-state index is 0.00636. The van der Waals surface area contributed by atoms with E-state index >= 15 is 0 Å². The Labute approximate surface area is 223 Å². The van der Waals surface area contributed by atoms with Crippen molar-refractivity contribution < 1.29 is 18.8 Å². The van der Waals surface area contributed by atoms with Gasteiger partial charge in [-0.25, -0.2) is 0 Å². The molecule has 196 valence electrons. The third-order valence-corrected chi connectivity index (χ3v) is 7.05. The minimum Gasteiger partial charge on any atom is -0.490 e. The highest BCUT2D eigenvalue weighted by atomic mass is 35.5. The fraction of sp³-hybridized carbons (Fsp3) is 0.414. The molecule has 37 heavy (non-hydrogen) atoms. The Bertz CT molecular complexity index is 1230. The first-order chi connectivity index (χ1) is 17.7. The second kappa shape index (κ2) is 11.8. The summed E-state index contributed by atoms with van der Waals surface area (Å²) in [5, 5.41) is 4.71. The van der Waals surface area contributed by atoms with Gasteiger partial charge in [-0.15, -0.1) is 0 Å². The number of carbonyl (C=O) groups excluding carboxylic acids is 2. The Morgan fingerprint density at radius 3 is 2.65 bits per heavy atom. The maximum absolute atomic E-state index is 13.6. The van der Waals surface area contributed by atoms with Crippen molar-refractivity contribution >= 4 is 23.4 Å². The molecule has 2 aromatic carbocycles. The molecule has 7 nitrogen and oxygen atoms in total. The van der Waals surface area contributed by atoms with E-state index in [0.717, 1.165) is 5.56 Å². The number of hydrogen-bond donors (Lipinski definition) is 0. The summed E-state index contributed by atoms with van der Waals surface area (Å²) in [6.45, 7) is 7.17. The lowest BCUT2D eigenvalue weighted by Gasteiger charge is -2.39. The van der Waals surface area contributed by atoms with E-state index in [1.165, 1.54) is 0 Å². The molecule has 0 spiro atoms. The van der Waals surface area contributed by atoms with Crippen molar-refractivity contribution in [2.45, 2.75) is 52.2 Å². The maximum Gasteiger partial charge on any atom is 0.259 e. The van der Waals surface area contributed by atoms with Crippen molar-refractivity contribution in [3.05, 3.63) is 82.2 Å². The predicted octanol–water partition coefficient (Wildman–Crippen LogP) is 5.72. The standard InChI is InChI=1S/C29H34ClN3O4/c1-19(2)28-27(20(3)37-31-28)29(35)33-14-13-25(36-24-12-8-11-23(30)16-24)22(18-33)15-26(34)32(4)17-21-9-6-5-7-10-21/h5-12,16,19,22,25H,13-15,17-18H2,1-4H3/t22-,25-/m0/s1. The molecule has 0 unspecified atom stereocenters. The Morgan fingerprint density at radius 1 is 1.19 bits per heavy atom. The van der Waals surface area contributed by atoms with E-state index in [1.807, 2.05) is 63.4 Å². The molecule has 2 heterocycles. The molecule has 2 atom stereocenters. The average molecular weight is 524 g/mol.